The molecule has 21 heavy (non-hydrogen) atoms. The van der Waals surface area contributed by atoms with Crippen molar-refractivity contribution in [2.75, 3.05) is 37.6 Å². The zero-order valence-electron chi connectivity index (χ0n) is 11.7. The van der Waals surface area contributed by atoms with Crippen molar-refractivity contribution in [1.29, 1.82) is 0 Å². The molecule has 1 saturated heterocycles. The van der Waals surface area contributed by atoms with Crippen molar-refractivity contribution in [3.05, 3.63) is 47.2 Å². The first-order chi connectivity index (χ1) is 10.2. The van der Waals surface area contributed by atoms with Crippen molar-refractivity contribution in [2.24, 2.45) is 0 Å². The van der Waals surface area contributed by atoms with Gasteiger partial charge in [-0.2, -0.15) is 0 Å². The number of aliphatic hydroxyl groups is 1. The van der Waals surface area contributed by atoms with E-state index >= 15 is 0 Å². The zero-order chi connectivity index (χ0) is 14.7. The Morgan fingerprint density at radius 3 is 2.76 bits per heavy atom. The van der Waals surface area contributed by atoms with Gasteiger partial charge >= 0.3 is 0 Å². The van der Waals surface area contributed by atoms with Crippen LogP contribution < -0.4 is 4.90 Å². The van der Waals surface area contributed by atoms with Crippen LogP contribution in [0.4, 0.5) is 9.52 Å². The summed E-state index contributed by atoms with van der Waals surface area (Å²) in [6.07, 6.45) is 1.17. The van der Waals surface area contributed by atoms with E-state index in [2.05, 4.69) is 14.8 Å². The molecule has 2 aromatic rings. The second-order valence-electron chi connectivity index (χ2n) is 5.17. The summed E-state index contributed by atoms with van der Waals surface area (Å²) in [6, 6.07) is 6.19. The summed E-state index contributed by atoms with van der Waals surface area (Å²) >= 11 is 1.65. The molecule has 1 atom stereocenters. The number of halogens is 1. The van der Waals surface area contributed by atoms with Gasteiger partial charge in [-0.15, -0.1) is 11.3 Å². The highest BCUT2D eigenvalue weighted by molar-refractivity contribution is 7.13. The lowest BCUT2D eigenvalue weighted by atomic mass is 10.1. The molecule has 0 spiro atoms. The summed E-state index contributed by atoms with van der Waals surface area (Å²) in [5.41, 5.74) is 0.636. The molecule has 0 saturated carbocycles. The van der Waals surface area contributed by atoms with Crippen LogP contribution in [0.25, 0.3) is 0 Å². The summed E-state index contributed by atoms with van der Waals surface area (Å²) < 4.78 is 13.2. The Labute approximate surface area is 127 Å². The second-order valence-corrected chi connectivity index (χ2v) is 6.05. The number of aromatic nitrogens is 1. The van der Waals surface area contributed by atoms with E-state index in [1.165, 1.54) is 12.1 Å². The Balaban J connectivity index is 1.53. The summed E-state index contributed by atoms with van der Waals surface area (Å²) in [4.78, 5) is 8.79. The van der Waals surface area contributed by atoms with Gasteiger partial charge in [0.2, 0.25) is 0 Å². The van der Waals surface area contributed by atoms with Gasteiger partial charge in [0.05, 0.1) is 6.10 Å². The van der Waals surface area contributed by atoms with Crippen LogP contribution in [-0.4, -0.2) is 47.7 Å². The fourth-order valence-corrected chi connectivity index (χ4v) is 3.25. The number of β-amino-alcohol motifs (C(OH)–C–C–N with tert-alkyl or cyclic N) is 1. The van der Waals surface area contributed by atoms with Crippen LogP contribution in [0.2, 0.25) is 0 Å². The summed E-state index contributed by atoms with van der Waals surface area (Å²) in [5, 5.41) is 13.3. The van der Waals surface area contributed by atoms with E-state index in [4.69, 9.17) is 0 Å². The Bertz CT molecular complexity index is 570. The van der Waals surface area contributed by atoms with E-state index in [0.717, 1.165) is 31.3 Å². The monoisotopic (exact) mass is 307 g/mol. The molecule has 1 N–H and O–H groups in total. The van der Waals surface area contributed by atoms with E-state index < -0.39 is 6.10 Å². The number of hydrogen-bond acceptors (Lipinski definition) is 5. The van der Waals surface area contributed by atoms with Gasteiger partial charge in [0.25, 0.3) is 0 Å². The molecule has 6 heteroatoms. The molecule has 1 aliphatic heterocycles. The highest BCUT2D eigenvalue weighted by Crippen LogP contribution is 2.20. The lowest BCUT2D eigenvalue weighted by Crippen LogP contribution is -2.47. The van der Waals surface area contributed by atoms with Gasteiger partial charge in [0.15, 0.2) is 5.13 Å². The molecular weight excluding hydrogens is 289 g/mol. The maximum absolute atomic E-state index is 13.2. The Hall–Kier alpha value is -1.50. The maximum Gasteiger partial charge on any atom is 0.185 e. The van der Waals surface area contributed by atoms with Gasteiger partial charge in [-0.1, -0.05) is 12.1 Å². The quantitative estimate of drug-likeness (QED) is 0.939. The van der Waals surface area contributed by atoms with Crippen molar-refractivity contribution in [3.63, 3.8) is 0 Å². The molecule has 1 fully saturated rings. The smallest absolute Gasteiger partial charge is 0.185 e. The third kappa shape index (κ3) is 3.58. The van der Waals surface area contributed by atoms with E-state index in [1.807, 2.05) is 11.6 Å². The normalized spacial score (nSPS) is 17.9. The summed E-state index contributed by atoms with van der Waals surface area (Å²) in [7, 11) is 0. The number of benzene rings is 1. The van der Waals surface area contributed by atoms with Gasteiger partial charge < -0.3 is 10.0 Å². The van der Waals surface area contributed by atoms with E-state index in [9.17, 15) is 9.50 Å². The van der Waals surface area contributed by atoms with Crippen LogP contribution in [-0.2, 0) is 0 Å². The average Bonchev–Trinajstić information content (AvgIpc) is 3.02. The molecule has 0 bridgehead atoms. The van der Waals surface area contributed by atoms with Gasteiger partial charge in [0, 0.05) is 44.3 Å². The van der Waals surface area contributed by atoms with E-state index in [-0.39, 0.29) is 5.82 Å². The first-order valence-electron chi connectivity index (χ1n) is 7.03. The molecule has 1 aliphatic rings. The number of thiazole rings is 1. The minimum Gasteiger partial charge on any atom is -0.387 e. The minimum atomic E-state index is -0.646. The number of aliphatic hydroxyl groups excluding tert-OH is 1. The summed E-state index contributed by atoms with van der Waals surface area (Å²) in [5.74, 6) is -0.305. The second kappa shape index (κ2) is 6.51. The Kier molecular flexibility index (Phi) is 4.48. The summed E-state index contributed by atoms with van der Waals surface area (Å²) in [6.45, 7) is 4.11. The lowest BCUT2D eigenvalue weighted by Gasteiger charge is -2.35. The van der Waals surface area contributed by atoms with Crippen LogP contribution in [0.5, 0.6) is 0 Å². The predicted molar refractivity (Wildman–Crippen MR) is 82.1 cm³/mol. The molecule has 1 aromatic heterocycles. The molecule has 1 aromatic carbocycles. The number of nitrogens with zero attached hydrogens (tertiary/aromatic N) is 3. The van der Waals surface area contributed by atoms with Gasteiger partial charge in [-0.05, 0) is 17.7 Å². The van der Waals surface area contributed by atoms with E-state index in [0.29, 0.717) is 12.1 Å². The largest absolute Gasteiger partial charge is 0.387 e. The zero-order valence-corrected chi connectivity index (χ0v) is 12.5. The topological polar surface area (TPSA) is 39.6 Å². The van der Waals surface area contributed by atoms with Crippen LogP contribution in [0, 0.1) is 5.82 Å². The van der Waals surface area contributed by atoms with Crippen molar-refractivity contribution in [1.82, 2.24) is 9.88 Å². The fourth-order valence-electron chi connectivity index (χ4n) is 2.56. The minimum absolute atomic E-state index is 0.305. The van der Waals surface area contributed by atoms with Crippen LogP contribution in [0.3, 0.4) is 0 Å². The Morgan fingerprint density at radius 2 is 2.10 bits per heavy atom. The van der Waals surface area contributed by atoms with Crippen LogP contribution in [0.1, 0.15) is 11.7 Å². The predicted octanol–water partition coefficient (Wildman–Crippen LogP) is 2.14. The number of anilines is 1. The van der Waals surface area contributed by atoms with Crippen molar-refractivity contribution in [3.8, 4) is 0 Å². The molecule has 4 nitrogen and oxygen atoms in total. The molecule has 0 aliphatic carbocycles. The van der Waals surface area contributed by atoms with Crippen LogP contribution >= 0.6 is 11.3 Å². The third-order valence-corrected chi connectivity index (χ3v) is 4.56. The first-order valence-corrected chi connectivity index (χ1v) is 7.90. The molecule has 3 rings (SSSR count). The highest BCUT2D eigenvalue weighted by atomic mass is 32.1. The van der Waals surface area contributed by atoms with Crippen LogP contribution in [0.15, 0.2) is 35.8 Å². The van der Waals surface area contributed by atoms with Gasteiger partial charge in [-0.3, -0.25) is 4.90 Å². The fraction of sp³-hybridized carbons (Fsp3) is 0.400. The molecule has 0 amide bonds. The molecule has 112 valence electrons. The first kappa shape index (κ1) is 14.4. The standard InChI is InChI=1S/C15H18FN3OS/c16-13-3-1-2-12(10-13)14(20)11-18-5-7-19(8-6-18)15-17-4-9-21-15/h1-4,9-10,14,20H,5-8,11H2. The Morgan fingerprint density at radius 1 is 1.29 bits per heavy atom. The molecule has 2 heterocycles. The molecular formula is C15H18FN3OS. The highest BCUT2D eigenvalue weighted by Gasteiger charge is 2.21. The average molecular weight is 307 g/mol. The number of hydrogen-bond donors (Lipinski definition) is 1. The SMILES string of the molecule is OC(CN1CCN(c2nccs2)CC1)c1cccc(F)c1. The molecule has 1 unspecified atom stereocenters. The maximum atomic E-state index is 13.2. The third-order valence-electron chi connectivity index (χ3n) is 3.73. The van der Waals surface area contributed by atoms with Crippen molar-refractivity contribution >= 4 is 16.5 Å². The van der Waals surface area contributed by atoms with E-state index in [1.54, 1.807) is 23.5 Å². The van der Waals surface area contributed by atoms with Gasteiger partial charge in [-0.25, -0.2) is 9.37 Å². The number of piperazine rings is 1. The van der Waals surface area contributed by atoms with Crippen molar-refractivity contribution in [2.45, 2.75) is 6.10 Å². The molecule has 0 radical (unpaired) electrons. The van der Waals surface area contributed by atoms with Gasteiger partial charge in [0.1, 0.15) is 5.82 Å². The van der Waals surface area contributed by atoms with Crippen molar-refractivity contribution < 1.29 is 9.50 Å². The lowest BCUT2D eigenvalue weighted by molar-refractivity contribution is 0.109. The number of rotatable bonds is 4.